The van der Waals surface area contributed by atoms with Crippen molar-refractivity contribution in [2.75, 3.05) is 0 Å². The number of pyridine rings is 1. The van der Waals surface area contributed by atoms with Crippen LogP contribution in [0.15, 0.2) is 41.9 Å². The number of thiophene rings is 1. The van der Waals surface area contributed by atoms with E-state index in [1.54, 1.807) is 11.3 Å². The van der Waals surface area contributed by atoms with Gasteiger partial charge in [-0.15, -0.1) is 11.3 Å². The fraction of sp³-hybridized carbons (Fsp3) is 0.250. The lowest BCUT2D eigenvalue weighted by Crippen LogP contribution is -2.02. The Morgan fingerprint density at radius 3 is 2.73 bits per heavy atom. The molecule has 1 nitrogen and oxygen atoms in total. The SMILES string of the molecule is CC(c1ccccn1)C(Br)c1cccs1. The molecule has 0 aliphatic carbocycles. The first-order chi connectivity index (χ1) is 7.29. The summed E-state index contributed by atoms with van der Waals surface area (Å²) in [4.78, 5) is 6.09. The summed E-state index contributed by atoms with van der Waals surface area (Å²) in [5.74, 6) is 0.393. The molecule has 2 heterocycles. The number of aromatic nitrogens is 1. The molecule has 0 aliphatic rings. The van der Waals surface area contributed by atoms with E-state index in [0.717, 1.165) is 5.69 Å². The van der Waals surface area contributed by atoms with E-state index in [0.29, 0.717) is 10.7 Å². The van der Waals surface area contributed by atoms with Crippen molar-refractivity contribution in [3.05, 3.63) is 52.5 Å². The second kappa shape index (κ2) is 4.90. The van der Waals surface area contributed by atoms with Gasteiger partial charge in [-0.3, -0.25) is 4.98 Å². The molecule has 0 amide bonds. The van der Waals surface area contributed by atoms with Gasteiger partial charge in [-0.2, -0.15) is 0 Å². The van der Waals surface area contributed by atoms with Crippen molar-refractivity contribution >= 4 is 27.3 Å². The molecule has 0 N–H and O–H groups in total. The van der Waals surface area contributed by atoms with Crippen molar-refractivity contribution in [1.82, 2.24) is 4.98 Å². The maximum absolute atomic E-state index is 4.38. The number of halogens is 1. The van der Waals surface area contributed by atoms with Gasteiger partial charge in [0.2, 0.25) is 0 Å². The van der Waals surface area contributed by atoms with Crippen LogP contribution in [0.25, 0.3) is 0 Å². The van der Waals surface area contributed by atoms with Crippen LogP contribution >= 0.6 is 27.3 Å². The first kappa shape index (κ1) is 10.8. The lowest BCUT2D eigenvalue weighted by Gasteiger charge is -2.16. The summed E-state index contributed by atoms with van der Waals surface area (Å²) in [5.41, 5.74) is 1.13. The molecule has 2 atom stereocenters. The van der Waals surface area contributed by atoms with Gasteiger partial charge in [0.15, 0.2) is 0 Å². The Balaban J connectivity index is 2.18. The van der Waals surface area contributed by atoms with Crippen LogP contribution < -0.4 is 0 Å². The summed E-state index contributed by atoms with van der Waals surface area (Å²) < 4.78 is 0. The molecule has 0 bridgehead atoms. The summed E-state index contributed by atoms with van der Waals surface area (Å²) in [5, 5.41) is 2.11. The Hall–Kier alpha value is -0.670. The molecular formula is C12H12BrNS. The van der Waals surface area contributed by atoms with Gasteiger partial charge in [-0.1, -0.05) is 35.0 Å². The average Bonchev–Trinajstić information content (AvgIpc) is 2.82. The van der Waals surface area contributed by atoms with Gasteiger partial charge in [0.1, 0.15) is 0 Å². The van der Waals surface area contributed by atoms with Gasteiger partial charge in [0.05, 0.1) is 4.83 Å². The first-order valence-corrected chi connectivity index (χ1v) is 6.67. The molecular weight excluding hydrogens is 270 g/mol. The number of hydrogen-bond donors (Lipinski definition) is 0. The molecule has 0 saturated carbocycles. The van der Waals surface area contributed by atoms with Gasteiger partial charge in [0, 0.05) is 22.7 Å². The Labute approximate surface area is 102 Å². The van der Waals surface area contributed by atoms with Crippen LogP contribution in [0.1, 0.15) is 28.2 Å². The minimum atomic E-state index is 0.354. The van der Waals surface area contributed by atoms with E-state index in [9.17, 15) is 0 Å². The van der Waals surface area contributed by atoms with Crippen molar-refractivity contribution in [2.24, 2.45) is 0 Å². The van der Waals surface area contributed by atoms with Crippen molar-refractivity contribution in [1.29, 1.82) is 0 Å². The number of rotatable bonds is 3. The average molecular weight is 282 g/mol. The van der Waals surface area contributed by atoms with Crippen LogP contribution in [0.4, 0.5) is 0 Å². The Morgan fingerprint density at radius 1 is 1.27 bits per heavy atom. The number of nitrogens with zero attached hydrogens (tertiary/aromatic N) is 1. The number of hydrogen-bond acceptors (Lipinski definition) is 2. The zero-order valence-corrected chi connectivity index (χ0v) is 10.8. The molecule has 78 valence electrons. The maximum atomic E-state index is 4.38. The van der Waals surface area contributed by atoms with E-state index in [2.05, 4.69) is 51.4 Å². The molecule has 2 unspecified atom stereocenters. The zero-order valence-electron chi connectivity index (χ0n) is 8.43. The van der Waals surface area contributed by atoms with Crippen molar-refractivity contribution in [3.63, 3.8) is 0 Å². The quantitative estimate of drug-likeness (QED) is 0.761. The summed E-state index contributed by atoms with van der Waals surface area (Å²) in [7, 11) is 0. The van der Waals surface area contributed by atoms with E-state index in [-0.39, 0.29) is 0 Å². The molecule has 2 aromatic rings. The third-order valence-corrected chi connectivity index (χ3v) is 4.95. The molecule has 15 heavy (non-hydrogen) atoms. The van der Waals surface area contributed by atoms with Gasteiger partial charge in [-0.05, 0) is 23.6 Å². The highest BCUT2D eigenvalue weighted by Gasteiger charge is 2.19. The van der Waals surface area contributed by atoms with Crippen LogP contribution in [-0.2, 0) is 0 Å². The van der Waals surface area contributed by atoms with Gasteiger partial charge < -0.3 is 0 Å². The van der Waals surface area contributed by atoms with E-state index in [1.165, 1.54) is 4.88 Å². The van der Waals surface area contributed by atoms with Crippen LogP contribution in [0, 0.1) is 0 Å². The van der Waals surface area contributed by atoms with E-state index < -0.39 is 0 Å². The second-order valence-electron chi connectivity index (χ2n) is 3.46. The van der Waals surface area contributed by atoms with Crippen LogP contribution in [-0.4, -0.2) is 4.98 Å². The predicted octanol–water partition coefficient (Wildman–Crippen LogP) is 4.38. The molecule has 2 aromatic heterocycles. The Bertz CT molecular complexity index is 399. The highest BCUT2D eigenvalue weighted by Crippen LogP contribution is 2.38. The fourth-order valence-corrected chi connectivity index (χ4v) is 3.04. The largest absolute Gasteiger partial charge is 0.261 e. The smallest absolute Gasteiger partial charge is 0.0570 e. The molecule has 0 aromatic carbocycles. The molecule has 3 heteroatoms. The highest BCUT2D eigenvalue weighted by molar-refractivity contribution is 9.09. The summed E-state index contributed by atoms with van der Waals surface area (Å²) in [6.45, 7) is 2.20. The van der Waals surface area contributed by atoms with Gasteiger partial charge in [-0.25, -0.2) is 0 Å². The van der Waals surface area contributed by atoms with Crippen molar-refractivity contribution in [3.8, 4) is 0 Å². The van der Waals surface area contributed by atoms with E-state index in [4.69, 9.17) is 0 Å². The maximum Gasteiger partial charge on any atom is 0.0570 e. The topological polar surface area (TPSA) is 12.9 Å². The van der Waals surface area contributed by atoms with E-state index >= 15 is 0 Å². The molecule has 0 fully saturated rings. The third-order valence-electron chi connectivity index (χ3n) is 2.41. The summed E-state index contributed by atoms with van der Waals surface area (Å²) >= 11 is 5.52. The highest BCUT2D eigenvalue weighted by atomic mass is 79.9. The first-order valence-electron chi connectivity index (χ1n) is 4.87. The van der Waals surface area contributed by atoms with Crippen molar-refractivity contribution < 1.29 is 0 Å². The number of alkyl halides is 1. The monoisotopic (exact) mass is 281 g/mol. The van der Waals surface area contributed by atoms with E-state index in [1.807, 2.05) is 18.3 Å². The van der Waals surface area contributed by atoms with Gasteiger partial charge >= 0.3 is 0 Å². The Kier molecular flexibility index (Phi) is 3.54. The van der Waals surface area contributed by atoms with Crippen LogP contribution in [0.2, 0.25) is 0 Å². The molecule has 0 radical (unpaired) electrons. The second-order valence-corrected chi connectivity index (χ2v) is 5.43. The third kappa shape index (κ3) is 2.47. The Morgan fingerprint density at radius 2 is 2.13 bits per heavy atom. The lowest BCUT2D eigenvalue weighted by molar-refractivity contribution is 0.732. The minimum Gasteiger partial charge on any atom is -0.261 e. The molecule has 0 aliphatic heterocycles. The predicted molar refractivity (Wildman–Crippen MR) is 68.6 cm³/mol. The fourth-order valence-electron chi connectivity index (χ4n) is 1.49. The molecule has 0 spiro atoms. The van der Waals surface area contributed by atoms with Crippen LogP contribution in [0.3, 0.4) is 0 Å². The molecule has 2 rings (SSSR count). The minimum absolute atomic E-state index is 0.354. The van der Waals surface area contributed by atoms with Crippen LogP contribution in [0.5, 0.6) is 0 Å². The summed E-state index contributed by atoms with van der Waals surface area (Å²) in [6.07, 6.45) is 1.85. The van der Waals surface area contributed by atoms with Crippen molar-refractivity contribution in [2.45, 2.75) is 17.7 Å². The standard InChI is InChI=1S/C12H12BrNS/c1-9(10-5-2-3-7-14-10)12(13)11-6-4-8-15-11/h2-9,12H,1H3. The normalized spacial score (nSPS) is 14.8. The van der Waals surface area contributed by atoms with Gasteiger partial charge in [0.25, 0.3) is 0 Å². The lowest BCUT2D eigenvalue weighted by atomic mass is 10.0. The zero-order chi connectivity index (χ0) is 10.7. The summed E-state index contributed by atoms with van der Waals surface area (Å²) in [6, 6.07) is 10.3. The molecule has 0 saturated heterocycles.